The van der Waals surface area contributed by atoms with E-state index in [1.54, 1.807) is 0 Å². The monoisotopic (exact) mass is 265 g/mol. The summed E-state index contributed by atoms with van der Waals surface area (Å²) < 4.78 is 5.48. The molecule has 1 aromatic carbocycles. The minimum Gasteiger partial charge on any atom is -0.484 e. The predicted octanol–water partition coefficient (Wildman–Crippen LogP) is 1.90. The number of aryl methyl sites for hydroxylation is 1. The van der Waals surface area contributed by atoms with Crippen LogP contribution in [0.5, 0.6) is 5.75 Å². The number of carbonyl (C=O) groups is 1. The van der Waals surface area contributed by atoms with Crippen LogP contribution in [-0.4, -0.2) is 30.3 Å². The third kappa shape index (κ3) is 5.30. The number of rotatable bonds is 7. The highest BCUT2D eigenvalue weighted by molar-refractivity contribution is 5.77. The molecule has 0 radical (unpaired) electrons. The normalized spacial score (nSPS) is 12.3. The van der Waals surface area contributed by atoms with Crippen molar-refractivity contribution in [3.05, 3.63) is 29.8 Å². The molecule has 19 heavy (non-hydrogen) atoms. The van der Waals surface area contributed by atoms with Crippen molar-refractivity contribution < 1.29 is 14.6 Å². The highest BCUT2D eigenvalue weighted by Crippen LogP contribution is 2.15. The SMILES string of the molecule is Cc1ccccc1OCC(=O)NC(CCO)C(C)C. The van der Waals surface area contributed by atoms with Gasteiger partial charge in [0, 0.05) is 12.6 Å². The van der Waals surface area contributed by atoms with Crippen LogP contribution < -0.4 is 10.1 Å². The van der Waals surface area contributed by atoms with Gasteiger partial charge in [-0.1, -0.05) is 32.0 Å². The van der Waals surface area contributed by atoms with Crippen molar-refractivity contribution in [2.45, 2.75) is 33.2 Å². The molecule has 0 saturated heterocycles. The van der Waals surface area contributed by atoms with Crippen molar-refractivity contribution in [1.82, 2.24) is 5.32 Å². The lowest BCUT2D eigenvalue weighted by Gasteiger charge is -2.21. The van der Waals surface area contributed by atoms with Crippen LogP contribution in [0.4, 0.5) is 0 Å². The maximum Gasteiger partial charge on any atom is 0.258 e. The number of aliphatic hydroxyl groups is 1. The van der Waals surface area contributed by atoms with Crippen molar-refractivity contribution in [3.8, 4) is 5.75 Å². The van der Waals surface area contributed by atoms with E-state index in [9.17, 15) is 4.79 Å². The molecule has 1 atom stereocenters. The zero-order valence-electron chi connectivity index (χ0n) is 11.8. The van der Waals surface area contributed by atoms with Gasteiger partial charge in [-0.05, 0) is 30.9 Å². The summed E-state index contributed by atoms with van der Waals surface area (Å²) in [6, 6.07) is 7.57. The first-order chi connectivity index (χ1) is 9.04. The van der Waals surface area contributed by atoms with Gasteiger partial charge in [0.05, 0.1) is 0 Å². The van der Waals surface area contributed by atoms with E-state index in [1.165, 1.54) is 0 Å². The second kappa shape index (κ2) is 7.79. The summed E-state index contributed by atoms with van der Waals surface area (Å²) in [7, 11) is 0. The summed E-state index contributed by atoms with van der Waals surface area (Å²) in [5.41, 5.74) is 1.01. The van der Waals surface area contributed by atoms with E-state index in [-0.39, 0.29) is 31.1 Å². The van der Waals surface area contributed by atoms with Crippen LogP contribution >= 0.6 is 0 Å². The molecule has 0 fully saturated rings. The van der Waals surface area contributed by atoms with Crippen LogP contribution in [-0.2, 0) is 4.79 Å². The van der Waals surface area contributed by atoms with Crippen molar-refractivity contribution >= 4 is 5.91 Å². The number of amides is 1. The number of benzene rings is 1. The van der Waals surface area contributed by atoms with E-state index in [4.69, 9.17) is 9.84 Å². The first-order valence-electron chi connectivity index (χ1n) is 6.63. The minimum absolute atomic E-state index is 0.000494. The Bertz CT molecular complexity index is 404. The zero-order valence-corrected chi connectivity index (χ0v) is 11.8. The molecule has 0 spiro atoms. The molecule has 106 valence electrons. The Balaban J connectivity index is 2.45. The van der Waals surface area contributed by atoms with Crippen LogP contribution in [0, 0.1) is 12.8 Å². The molecular formula is C15H23NO3. The first kappa shape index (κ1) is 15.5. The number of aliphatic hydroxyl groups excluding tert-OH is 1. The number of hydrogen-bond acceptors (Lipinski definition) is 3. The molecule has 0 bridgehead atoms. The van der Waals surface area contributed by atoms with Gasteiger partial charge in [0.2, 0.25) is 0 Å². The molecule has 4 heteroatoms. The van der Waals surface area contributed by atoms with Crippen LogP contribution in [0.15, 0.2) is 24.3 Å². The predicted molar refractivity (Wildman–Crippen MR) is 75.1 cm³/mol. The summed E-state index contributed by atoms with van der Waals surface area (Å²) in [6.07, 6.45) is 0.563. The number of ether oxygens (including phenoxy) is 1. The molecule has 1 aromatic rings. The third-order valence-corrected chi connectivity index (χ3v) is 3.04. The lowest BCUT2D eigenvalue weighted by molar-refractivity contribution is -0.124. The van der Waals surface area contributed by atoms with E-state index in [0.29, 0.717) is 6.42 Å². The molecule has 1 unspecified atom stereocenters. The Labute approximate surface area is 114 Å². The van der Waals surface area contributed by atoms with E-state index < -0.39 is 0 Å². The summed E-state index contributed by atoms with van der Waals surface area (Å²) in [6.45, 7) is 6.04. The Kier molecular flexibility index (Phi) is 6.36. The molecular weight excluding hydrogens is 242 g/mol. The molecule has 0 aromatic heterocycles. The lowest BCUT2D eigenvalue weighted by atomic mass is 10.0. The van der Waals surface area contributed by atoms with Gasteiger partial charge >= 0.3 is 0 Å². The zero-order chi connectivity index (χ0) is 14.3. The topological polar surface area (TPSA) is 58.6 Å². The molecule has 2 N–H and O–H groups in total. The largest absolute Gasteiger partial charge is 0.484 e. The number of hydrogen-bond donors (Lipinski definition) is 2. The molecule has 1 amide bonds. The quantitative estimate of drug-likeness (QED) is 0.791. The van der Waals surface area contributed by atoms with Gasteiger partial charge in [0.25, 0.3) is 5.91 Å². The fourth-order valence-corrected chi connectivity index (χ4v) is 1.82. The summed E-state index contributed by atoms with van der Waals surface area (Å²) in [4.78, 5) is 11.8. The third-order valence-electron chi connectivity index (χ3n) is 3.04. The summed E-state index contributed by atoms with van der Waals surface area (Å²) in [5.74, 6) is 0.853. The standard InChI is InChI=1S/C15H23NO3/c1-11(2)13(8-9-17)16-15(18)10-19-14-7-5-4-6-12(14)3/h4-7,11,13,17H,8-10H2,1-3H3,(H,16,18). The second-order valence-corrected chi connectivity index (χ2v) is 4.98. The fraction of sp³-hybridized carbons (Fsp3) is 0.533. The smallest absolute Gasteiger partial charge is 0.258 e. The Morgan fingerprint density at radius 2 is 2.05 bits per heavy atom. The molecule has 0 aliphatic heterocycles. The van der Waals surface area contributed by atoms with E-state index in [0.717, 1.165) is 11.3 Å². The van der Waals surface area contributed by atoms with E-state index in [1.807, 2.05) is 45.0 Å². The average Bonchev–Trinajstić information content (AvgIpc) is 2.37. The van der Waals surface area contributed by atoms with Gasteiger partial charge in [-0.2, -0.15) is 0 Å². The molecule has 0 aliphatic rings. The highest BCUT2D eigenvalue weighted by atomic mass is 16.5. The molecule has 1 rings (SSSR count). The molecule has 0 saturated carbocycles. The van der Waals surface area contributed by atoms with Crippen molar-refractivity contribution in [3.63, 3.8) is 0 Å². The molecule has 0 aliphatic carbocycles. The van der Waals surface area contributed by atoms with Crippen molar-refractivity contribution in [2.24, 2.45) is 5.92 Å². The number of carbonyl (C=O) groups excluding carboxylic acids is 1. The highest BCUT2D eigenvalue weighted by Gasteiger charge is 2.15. The molecule has 4 nitrogen and oxygen atoms in total. The maximum absolute atomic E-state index is 11.8. The Morgan fingerprint density at radius 1 is 1.37 bits per heavy atom. The average molecular weight is 265 g/mol. The van der Waals surface area contributed by atoms with Gasteiger partial charge in [0.15, 0.2) is 6.61 Å². The van der Waals surface area contributed by atoms with E-state index in [2.05, 4.69) is 5.32 Å². The van der Waals surface area contributed by atoms with Crippen molar-refractivity contribution in [2.75, 3.05) is 13.2 Å². The van der Waals surface area contributed by atoms with Crippen LogP contribution in [0.3, 0.4) is 0 Å². The first-order valence-corrected chi connectivity index (χ1v) is 6.63. The molecule has 0 heterocycles. The Morgan fingerprint density at radius 3 is 2.63 bits per heavy atom. The second-order valence-electron chi connectivity index (χ2n) is 4.98. The van der Waals surface area contributed by atoms with Crippen molar-refractivity contribution in [1.29, 1.82) is 0 Å². The van der Waals surface area contributed by atoms with Crippen LogP contribution in [0.2, 0.25) is 0 Å². The lowest BCUT2D eigenvalue weighted by Crippen LogP contribution is -2.41. The Hall–Kier alpha value is -1.55. The van der Waals surface area contributed by atoms with Gasteiger partial charge in [0.1, 0.15) is 5.75 Å². The summed E-state index contributed by atoms with van der Waals surface area (Å²) >= 11 is 0. The summed E-state index contributed by atoms with van der Waals surface area (Å²) in [5, 5.41) is 11.8. The fourth-order valence-electron chi connectivity index (χ4n) is 1.82. The van der Waals surface area contributed by atoms with Gasteiger partial charge in [-0.3, -0.25) is 4.79 Å². The van der Waals surface area contributed by atoms with Crippen LogP contribution in [0.25, 0.3) is 0 Å². The van der Waals surface area contributed by atoms with Gasteiger partial charge in [-0.25, -0.2) is 0 Å². The van der Waals surface area contributed by atoms with Crippen LogP contribution in [0.1, 0.15) is 25.8 Å². The number of para-hydroxylation sites is 1. The minimum atomic E-state index is -0.157. The number of nitrogens with one attached hydrogen (secondary N) is 1. The van der Waals surface area contributed by atoms with Gasteiger partial charge < -0.3 is 15.2 Å². The van der Waals surface area contributed by atoms with Gasteiger partial charge in [-0.15, -0.1) is 0 Å². The van der Waals surface area contributed by atoms with E-state index >= 15 is 0 Å². The maximum atomic E-state index is 11.8.